The standard InChI is InChI=1S/C14H20N2O4S2/c1-2-22(18,19)15-5-3-12-13(9-15)20-7-6-16(14(12)17)11-4-8-21-10-11/h4,8,10,12-13H,2-3,5-7,9H2,1H3/t12-,13+/m0/s1. The normalized spacial score (nSPS) is 27.5. The molecule has 2 aliphatic heterocycles. The summed E-state index contributed by atoms with van der Waals surface area (Å²) < 4.78 is 31.3. The Morgan fingerprint density at radius 3 is 2.91 bits per heavy atom. The second-order valence-corrected chi connectivity index (χ2v) is 8.57. The second-order valence-electron chi connectivity index (χ2n) is 5.53. The molecule has 0 aromatic carbocycles. The molecule has 1 aromatic rings. The van der Waals surface area contributed by atoms with E-state index in [0.29, 0.717) is 26.1 Å². The molecule has 0 spiro atoms. The highest BCUT2D eigenvalue weighted by Gasteiger charge is 2.42. The molecule has 2 aliphatic rings. The number of carbonyl (C=O) groups excluding carboxylic acids is 1. The maximum Gasteiger partial charge on any atom is 0.232 e. The molecule has 0 radical (unpaired) electrons. The van der Waals surface area contributed by atoms with Crippen LogP contribution in [0.25, 0.3) is 0 Å². The summed E-state index contributed by atoms with van der Waals surface area (Å²) in [6.07, 6.45) is 0.176. The maximum atomic E-state index is 12.8. The van der Waals surface area contributed by atoms with Crippen LogP contribution in [0.2, 0.25) is 0 Å². The molecule has 8 heteroatoms. The fraction of sp³-hybridized carbons (Fsp3) is 0.643. The van der Waals surface area contributed by atoms with Crippen LogP contribution in [0.1, 0.15) is 13.3 Å². The van der Waals surface area contributed by atoms with E-state index in [2.05, 4.69) is 0 Å². The number of carbonyl (C=O) groups is 1. The molecule has 0 unspecified atom stereocenters. The zero-order valence-corrected chi connectivity index (χ0v) is 14.1. The Hall–Kier alpha value is -0.960. The average molecular weight is 344 g/mol. The van der Waals surface area contributed by atoms with Crippen LogP contribution in [0.5, 0.6) is 0 Å². The van der Waals surface area contributed by atoms with Gasteiger partial charge < -0.3 is 9.64 Å². The van der Waals surface area contributed by atoms with Gasteiger partial charge >= 0.3 is 0 Å². The third-order valence-corrected chi connectivity index (χ3v) is 6.85. The lowest BCUT2D eigenvalue weighted by atomic mass is 9.93. The first-order valence-electron chi connectivity index (χ1n) is 7.46. The number of anilines is 1. The number of ether oxygens (including phenoxy) is 1. The van der Waals surface area contributed by atoms with E-state index < -0.39 is 10.0 Å². The molecule has 0 saturated carbocycles. The van der Waals surface area contributed by atoms with Gasteiger partial charge in [-0.15, -0.1) is 0 Å². The number of nitrogens with zero attached hydrogens (tertiary/aromatic N) is 2. The Kier molecular flexibility index (Phi) is 4.54. The first kappa shape index (κ1) is 15.9. The molecular formula is C14H20N2O4S2. The van der Waals surface area contributed by atoms with Crippen molar-refractivity contribution in [3.63, 3.8) is 0 Å². The molecule has 2 fully saturated rings. The third-order valence-electron chi connectivity index (χ3n) is 4.33. The molecule has 1 aromatic heterocycles. The minimum atomic E-state index is -3.23. The van der Waals surface area contributed by atoms with Crippen molar-refractivity contribution in [2.75, 3.05) is 36.9 Å². The number of amides is 1. The topological polar surface area (TPSA) is 66.9 Å². The van der Waals surface area contributed by atoms with E-state index in [4.69, 9.17) is 4.74 Å². The van der Waals surface area contributed by atoms with Crippen LogP contribution in [-0.2, 0) is 19.6 Å². The molecule has 6 nitrogen and oxygen atoms in total. The number of thiophene rings is 1. The van der Waals surface area contributed by atoms with E-state index in [-0.39, 0.29) is 30.2 Å². The van der Waals surface area contributed by atoms with E-state index >= 15 is 0 Å². The summed E-state index contributed by atoms with van der Waals surface area (Å²) in [4.78, 5) is 14.6. The molecule has 0 N–H and O–H groups in total. The van der Waals surface area contributed by atoms with Crippen molar-refractivity contribution in [2.24, 2.45) is 5.92 Å². The number of piperidine rings is 1. The molecule has 22 heavy (non-hydrogen) atoms. The average Bonchev–Trinajstić information content (AvgIpc) is 2.99. The summed E-state index contributed by atoms with van der Waals surface area (Å²) in [7, 11) is -3.23. The van der Waals surface area contributed by atoms with Gasteiger partial charge in [0.15, 0.2) is 0 Å². The van der Waals surface area contributed by atoms with Crippen molar-refractivity contribution in [2.45, 2.75) is 19.4 Å². The Balaban J connectivity index is 1.78. The largest absolute Gasteiger partial charge is 0.374 e. The zero-order valence-electron chi connectivity index (χ0n) is 12.5. The van der Waals surface area contributed by atoms with Crippen LogP contribution in [0.4, 0.5) is 5.69 Å². The number of sulfonamides is 1. The van der Waals surface area contributed by atoms with Crippen LogP contribution in [0.3, 0.4) is 0 Å². The van der Waals surface area contributed by atoms with Crippen molar-refractivity contribution >= 4 is 33.0 Å². The van der Waals surface area contributed by atoms with Crippen LogP contribution in [0.15, 0.2) is 16.8 Å². The molecule has 3 heterocycles. The van der Waals surface area contributed by atoms with Gasteiger partial charge in [0, 0.05) is 25.0 Å². The fourth-order valence-corrected chi connectivity index (χ4v) is 4.81. The highest BCUT2D eigenvalue weighted by Crippen LogP contribution is 2.30. The van der Waals surface area contributed by atoms with Crippen molar-refractivity contribution in [3.05, 3.63) is 16.8 Å². The van der Waals surface area contributed by atoms with Gasteiger partial charge in [-0.25, -0.2) is 8.42 Å². The Labute approximate surface area is 134 Å². The quantitative estimate of drug-likeness (QED) is 0.825. The summed E-state index contributed by atoms with van der Waals surface area (Å²) in [5.74, 6) is -0.125. The first-order valence-corrected chi connectivity index (χ1v) is 10.0. The lowest BCUT2D eigenvalue weighted by Gasteiger charge is -2.36. The molecule has 0 bridgehead atoms. The molecule has 0 aliphatic carbocycles. The van der Waals surface area contributed by atoms with Gasteiger partial charge in [-0.05, 0) is 24.8 Å². The lowest BCUT2D eigenvalue weighted by molar-refractivity contribution is -0.127. The van der Waals surface area contributed by atoms with E-state index in [0.717, 1.165) is 5.69 Å². The van der Waals surface area contributed by atoms with Gasteiger partial charge in [0.05, 0.1) is 30.1 Å². The molecule has 2 saturated heterocycles. The summed E-state index contributed by atoms with van der Waals surface area (Å²) in [5.41, 5.74) is 0.905. The zero-order chi connectivity index (χ0) is 15.7. The van der Waals surface area contributed by atoms with Crippen LogP contribution < -0.4 is 4.90 Å². The van der Waals surface area contributed by atoms with Gasteiger partial charge in [0.25, 0.3) is 0 Å². The van der Waals surface area contributed by atoms with Gasteiger partial charge in [-0.2, -0.15) is 15.6 Å². The van der Waals surface area contributed by atoms with E-state index in [9.17, 15) is 13.2 Å². The second kappa shape index (κ2) is 6.27. The lowest BCUT2D eigenvalue weighted by Crippen LogP contribution is -2.51. The molecule has 1 amide bonds. The van der Waals surface area contributed by atoms with Crippen LogP contribution in [-0.4, -0.2) is 56.7 Å². The van der Waals surface area contributed by atoms with Gasteiger partial charge in [-0.3, -0.25) is 4.79 Å². The smallest absolute Gasteiger partial charge is 0.232 e. The third kappa shape index (κ3) is 2.92. The predicted octanol–water partition coefficient (Wildman–Crippen LogP) is 1.15. The minimum Gasteiger partial charge on any atom is -0.374 e. The summed E-state index contributed by atoms with van der Waals surface area (Å²) in [6.45, 7) is 3.26. The Morgan fingerprint density at radius 2 is 2.23 bits per heavy atom. The van der Waals surface area contributed by atoms with E-state index in [1.54, 1.807) is 23.2 Å². The van der Waals surface area contributed by atoms with Crippen molar-refractivity contribution in [1.29, 1.82) is 0 Å². The minimum absolute atomic E-state index is 0.0504. The summed E-state index contributed by atoms with van der Waals surface area (Å²) in [6, 6.07) is 1.93. The monoisotopic (exact) mass is 344 g/mol. The number of hydrogen-bond acceptors (Lipinski definition) is 5. The maximum absolute atomic E-state index is 12.8. The van der Waals surface area contributed by atoms with Crippen molar-refractivity contribution in [3.8, 4) is 0 Å². The highest BCUT2D eigenvalue weighted by molar-refractivity contribution is 7.89. The van der Waals surface area contributed by atoms with Gasteiger partial charge in [-0.1, -0.05) is 0 Å². The predicted molar refractivity (Wildman–Crippen MR) is 85.6 cm³/mol. The van der Waals surface area contributed by atoms with Gasteiger partial charge in [0.2, 0.25) is 15.9 Å². The Bertz CT molecular complexity index is 629. The SMILES string of the molecule is CCS(=O)(=O)N1CC[C@@H]2C(=O)N(c3ccsc3)CCO[C@@H]2C1. The number of hydrogen-bond donors (Lipinski definition) is 0. The Morgan fingerprint density at radius 1 is 1.41 bits per heavy atom. The van der Waals surface area contributed by atoms with Crippen LogP contribution in [0, 0.1) is 5.92 Å². The summed E-state index contributed by atoms with van der Waals surface area (Å²) >= 11 is 1.56. The van der Waals surface area contributed by atoms with E-state index in [1.165, 1.54) is 4.31 Å². The van der Waals surface area contributed by atoms with Crippen molar-refractivity contribution in [1.82, 2.24) is 4.31 Å². The summed E-state index contributed by atoms with van der Waals surface area (Å²) in [5, 5.41) is 3.90. The van der Waals surface area contributed by atoms with E-state index in [1.807, 2.05) is 16.8 Å². The molecular weight excluding hydrogens is 324 g/mol. The highest BCUT2D eigenvalue weighted by atomic mass is 32.2. The number of rotatable bonds is 3. The van der Waals surface area contributed by atoms with Gasteiger partial charge in [0.1, 0.15) is 0 Å². The van der Waals surface area contributed by atoms with Crippen molar-refractivity contribution < 1.29 is 17.9 Å². The van der Waals surface area contributed by atoms with Crippen LogP contribution >= 0.6 is 11.3 Å². The fourth-order valence-electron chi connectivity index (χ4n) is 3.05. The number of fused-ring (bicyclic) bond motifs is 1. The molecule has 2 atom stereocenters. The molecule has 122 valence electrons. The molecule has 3 rings (SSSR count). The first-order chi connectivity index (χ1) is 10.5.